The molecule has 1 fully saturated rings. The first-order valence-corrected chi connectivity index (χ1v) is 10.2. The third kappa shape index (κ3) is 4.06. The van der Waals surface area contributed by atoms with Crippen LogP contribution in [-0.4, -0.2) is 28.2 Å². The number of ether oxygens (including phenoxy) is 1. The fraction of sp³-hybridized carbons (Fsp3) is 0.368. The molecule has 0 radical (unpaired) electrons. The van der Waals surface area contributed by atoms with Gasteiger partial charge >= 0.3 is 0 Å². The highest BCUT2D eigenvalue weighted by Gasteiger charge is 2.35. The van der Waals surface area contributed by atoms with Crippen LogP contribution in [0.4, 0.5) is 0 Å². The van der Waals surface area contributed by atoms with Gasteiger partial charge in [0.15, 0.2) is 0 Å². The second-order valence-electron chi connectivity index (χ2n) is 6.49. The minimum absolute atomic E-state index is 0.232. The molecule has 0 aliphatic carbocycles. The molecule has 134 valence electrons. The lowest BCUT2D eigenvalue weighted by atomic mass is 9.74. The first-order chi connectivity index (χ1) is 11.9. The average molecular weight is 380 g/mol. The lowest BCUT2D eigenvalue weighted by molar-refractivity contribution is 0.0517. The summed E-state index contributed by atoms with van der Waals surface area (Å²) in [5.74, 6) is 0. The highest BCUT2D eigenvalue weighted by molar-refractivity contribution is 7.89. The number of halogens is 1. The molecule has 25 heavy (non-hydrogen) atoms. The van der Waals surface area contributed by atoms with Crippen LogP contribution in [0.25, 0.3) is 0 Å². The Morgan fingerprint density at radius 2 is 1.80 bits per heavy atom. The van der Waals surface area contributed by atoms with Crippen LogP contribution in [0, 0.1) is 6.92 Å². The second-order valence-corrected chi connectivity index (χ2v) is 8.66. The van der Waals surface area contributed by atoms with Crippen LogP contribution >= 0.6 is 11.6 Å². The molecule has 1 N–H and O–H groups in total. The van der Waals surface area contributed by atoms with Crippen LogP contribution in [0.5, 0.6) is 0 Å². The molecule has 1 heterocycles. The lowest BCUT2D eigenvalue weighted by Crippen LogP contribution is -2.44. The van der Waals surface area contributed by atoms with Crippen LogP contribution in [0.1, 0.15) is 24.0 Å². The monoisotopic (exact) mass is 379 g/mol. The zero-order valence-electron chi connectivity index (χ0n) is 14.2. The summed E-state index contributed by atoms with van der Waals surface area (Å²) in [5.41, 5.74) is 1.57. The Labute approximate surface area is 154 Å². The van der Waals surface area contributed by atoms with Gasteiger partial charge in [-0.15, -0.1) is 0 Å². The Morgan fingerprint density at radius 1 is 1.12 bits per heavy atom. The summed E-state index contributed by atoms with van der Waals surface area (Å²) in [4.78, 5) is 0.232. The largest absolute Gasteiger partial charge is 0.381 e. The van der Waals surface area contributed by atoms with Gasteiger partial charge in [0.25, 0.3) is 0 Å². The summed E-state index contributed by atoms with van der Waals surface area (Å²) < 4.78 is 34.0. The van der Waals surface area contributed by atoms with E-state index in [1.165, 1.54) is 6.07 Å². The molecular weight excluding hydrogens is 358 g/mol. The molecule has 0 unspecified atom stereocenters. The number of sulfonamides is 1. The number of rotatable bonds is 5. The number of aryl methyl sites for hydroxylation is 1. The predicted molar refractivity (Wildman–Crippen MR) is 99.6 cm³/mol. The van der Waals surface area contributed by atoms with E-state index in [1.54, 1.807) is 19.1 Å². The lowest BCUT2D eigenvalue weighted by Gasteiger charge is -2.38. The predicted octanol–water partition coefficient (Wildman–Crippen LogP) is 3.68. The Morgan fingerprint density at radius 3 is 2.48 bits per heavy atom. The molecule has 4 nitrogen and oxygen atoms in total. The Kier molecular flexibility index (Phi) is 5.49. The number of hydrogen-bond donors (Lipinski definition) is 1. The van der Waals surface area contributed by atoms with E-state index >= 15 is 0 Å². The summed E-state index contributed by atoms with van der Waals surface area (Å²) >= 11 is 5.99. The maximum Gasteiger partial charge on any atom is 0.240 e. The molecule has 0 saturated carbocycles. The molecule has 3 rings (SSSR count). The topological polar surface area (TPSA) is 55.4 Å². The van der Waals surface area contributed by atoms with Gasteiger partial charge in [0.2, 0.25) is 10.0 Å². The summed E-state index contributed by atoms with van der Waals surface area (Å²) in [6.07, 6.45) is 1.57. The van der Waals surface area contributed by atoms with Crippen molar-refractivity contribution < 1.29 is 13.2 Å². The molecule has 2 aromatic carbocycles. The van der Waals surface area contributed by atoms with E-state index < -0.39 is 10.0 Å². The van der Waals surface area contributed by atoms with E-state index in [1.807, 2.05) is 18.2 Å². The summed E-state index contributed by atoms with van der Waals surface area (Å²) in [6, 6.07) is 15.0. The highest BCUT2D eigenvalue weighted by Crippen LogP contribution is 2.34. The van der Waals surface area contributed by atoms with Gasteiger partial charge in [-0.2, -0.15) is 0 Å². The molecule has 0 spiro atoms. The molecule has 1 saturated heterocycles. The van der Waals surface area contributed by atoms with Gasteiger partial charge in [0.1, 0.15) is 0 Å². The van der Waals surface area contributed by atoms with E-state index in [4.69, 9.17) is 16.3 Å². The second kappa shape index (κ2) is 7.46. The van der Waals surface area contributed by atoms with Gasteiger partial charge in [0.05, 0.1) is 4.90 Å². The molecule has 1 aliphatic rings. The van der Waals surface area contributed by atoms with E-state index in [0.29, 0.717) is 30.3 Å². The van der Waals surface area contributed by atoms with Crippen molar-refractivity contribution in [3.8, 4) is 0 Å². The van der Waals surface area contributed by atoms with Crippen molar-refractivity contribution in [2.75, 3.05) is 19.8 Å². The van der Waals surface area contributed by atoms with Crippen molar-refractivity contribution in [2.24, 2.45) is 0 Å². The summed E-state index contributed by atoms with van der Waals surface area (Å²) in [5, 5.41) is 0.412. The van der Waals surface area contributed by atoms with Crippen molar-refractivity contribution in [1.29, 1.82) is 0 Å². The Hall–Kier alpha value is -1.40. The third-order valence-corrected chi connectivity index (χ3v) is 6.65. The number of hydrogen-bond acceptors (Lipinski definition) is 3. The maximum absolute atomic E-state index is 12.8. The van der Waals surface area contributed by atoms with Crippen LogP contribution in [0.2, 0.25) is 5.02 Å². The zero-order chi connectivity index (χ0) is 17.9. The maximum atomic E-state index is 12.8. The zero-order valence-corrected chi connectivity index (χ0v) is 15.7. The fourth-order valence-corrected chi connectivity index (χ4v) is 4.93. The van der Waals surface area contributed by atoms with Gasteiger partial charge in [-0.05, 0) is 43.0 Å². The molecule has 6 heteroatoms. The van der Waals surface area contributed by atoms with Crippen molar-refractivity contribution in [3.05, 3.63) is 64.7 Å². The molecule has 0 amide bonds. The van der Waals surface area contributed by atoms with Crippen molar-refractivity contribution in [1.82, 2.24) is 4.72 Å². The molecule has 2 aromatic rings. The van der Waals surface area contributed by atoms with E-state index in [2.05, 4.69) is 16.9 Å². The van der Waals surface area contributed by atoms with Crippen LogP contribution < -0.4 is 4.72 Å². The smallest absolute Gasteiger partial charge is 0.240 e. The number of benzene rings is 2. The fourth-order valence-electron chi connectivity index (χ4n) is 3.30. The molecule has 0 atom stereocenters. The molecular formula is C19H22ClNO3S. The minimum atomic E-state index is -3.63. The number of nitrogens with one attached hydrogen (secondary N) is 1. The van der Waals surface area contributed by atoms with Gasteiger partial charge in [0, 0.05) is 30.2 Å². The highest BCUT2D eigenvalue weighted by atomic mass is 35.5. The first-order valence-electron chi connectivity index (χ1n) is 8.32. The Bertz CT molecular complexity index is 831. The van der Waals surface area contributed by atoms with Crippen molar-refractivity contribution in [2.45, 2.75) is 30.1 Å². The van der Waals surface area contributed by atoms with Crippen molar-refractivity contribution >= 4 is 21.6 Å². The molecule has 0 aromatic heterocycles. The standard InChI is InChI=1S/C19H22ClNO3S/c1-15-7-8-17(20)13-18(15)25(22,23)21-14-19(9-11-24-12-10-19)16-5-3-2-4-6-16/h2-8,13,21H,9-12,14H2,1H3. The van der Waals surface area contributed by atoms with E-state index in [-0.39, 0.29) is 10.3 Å². The van der Waals surface area contributed by atoms with Gasteiger partial charge < -0.3 is 4.74 Å². The van der Waals surface area contributed by atoms with Crippen LogP contribution in [0.15, 0.2) is 53.4 Å². The third-order valence-electron chi connectivity index (χ3n) is 4.88. The van der Waals surface area contributed by atoms with E-state index in [9.17, 15) is 8.42 Å². The quantitative estimate of drug-likeness (QED) is 0.862. The normalized spacial score (nSPS) is 17.4. The first kappa shape index (κ1) is 18.4. The van der Waals surface area contributed by atoms with Crippen molar-refractivity contribution in [3.63, 3.8) is 0 Å². The molecule has 0 bridgehead atoms. The average Bonchev–Trinajstić information content (AvgIpc) is 2.63. The summed E-state index contributed by atoms with van der Waals surface area (Å²) in [6.45, 7) is 3.38. The van der Waals surface area contributed by atoms with Crippen LogP contribution in [-0.2, 0) is 20.2 Å². The Balaban J connectivity index is 1.87. The SMILES string of the molecule is Cc1ccc(Cl)cc1S(=O)(=O)NCC1(c2ccccc2)CCOCC1. The van der Waals surface area contributed by atoms with Gasteiger partial charge in [-0.25, -0.2) is 13.1 Å². The minimum Gasteiger partial charge on any atom is -0.381 e. The van der Waals surface area contributed by atoms with Gasteiger partial charge in [-0.3, -0.25) is 0 Å². The van der Waals surface area contributed by atoms with Gasteiger partial charge in [-0.1, -0.05) is 48.0 Å². The van der Waals surface area contributed by atoms with Crippen LogP contribution in [0.3, 0.4) is 0 Å². The van der Waals surface area contributed by atoms with E-state index in [0.717, 1.165) is 18.4 Å². The summed E-state index contributed by atoms with van der Waals surface area (Å²) in [7, 11) is -3.63. The molecule has 1 aliphatic heterocycles.